The van der Waals surface area contributed by atoms with Gasteiger partial charge in [0.1, 0.15) is 0 Å². The number of aliphatic carboxylic acids is 1. The summed E-state index contributed by atoms with van der Waals surface area (Å²) in [5, 5.41) is 9.55. The fourth-order valence-corrected chi connectivity index (χ4v) is 5.25. The average Bonchev–Trinajstić information content (AvgIpc) is 2.29. The van der Waals surface area contributed by atoms with Gasteiger partial charge in [-0.25, -0.2) is 0 Å². The zero-order valence-corrected chi connectivity index (χ0v) is 10.2. The van der Waals surface area contributed by atoms with E-state index in [0.29, 0.717) is 11.3 Å². The summed E-state index contributed by atoms with van der Waals surface area (Å²) in [7, 11) is 0. The Labute approximate surface area is 97.4 Å². The van der Waals surface area contributed by atoms with Gasteiger partial charge in [-0.05, 0) is 62.2 Å². The van der Waals surface area contributed by atoms with E-state index >= 15 is 0 Å². The van der Waals surface area contributed by atoms with Gasteiger partial charge in [-0.3, -0.25) is 4.79 Å². The molecule has 5 aliphatic carbocycles. The van der Waals surface area contributed by atoms with Crippen LogP contribution in [0, 0.1) is 22.7 Å². The van der Waals surface area contributed by atoms with Crippen molar-refractivity contribution in [2.24, 2.45) is 22.7 Å². The summed E-state index contributed by atoms with van der Waals surface area (Å²) in [4.78, 5) is 11.6. The van der Waals surface area contributed by atoms with Gasteiger partial charge in [-0.1, -0.05) is 13.3 Å². The second kappa shape index (κ2) is 3.24. The number of hydrogen-bond acceptors (Lipinski definition) is 1. The van der Waals surface area contributed by atoms with E-state index in [9.17, 15) is 9.90 Å². The van der Waals surface area contributed by atoms with Gasteiger partial charge in [0.15, 0.2) is 0 Å². The summed E-state index contributed by atoms with van der Waals surface area (Å²) in [6, 6.07) is 0. The summed E-state index contributed by atoms with van der Waals surface area (Å²) in [6.07, 6.45) is 9.46. The topological polar surface area (TPSA) is 37.3 Å². The lowest BCUT2D eigenvalue weighted by Crippen LogP contribution is -2.59. The highest BCUT2D eigenvalue weighted by atomic mass is 16.4. The molecule has 16 heavy (non-hydrogen) atoms. The van der Waals surface area contributed by atoms with Crippen molar-refractivity contribution in [2.45, 2.75) is 58.3 Å². The van der Waals surface area contributed by atoms with E-state index in [1.54, 1.807) is 0 Å². The summed E-state index contributed by atoms with van der Waals surface area (Å²) < 4.78 is 0. The lowest BCUT2D eigenvalue weighted by Gasteiger charge is -2.64. The third-order valence-electron chi connectivity index (χ3n) is 6.02. The van der Waals surface area contributed by atoms with Crippen LogP contribution in [0.25, 0.3) is 0 Å². The Hall–Kier alpha value is -0.530. The largest absolute Gasteiger partial charge is 0.481 e. The normalized spacial score (nSPS) is 49.6. The van der Waals surface area contributed by atoms with Gasteiger partial charge < -0.3 is 5.11 Å². The molecular formula is C14H22O2. The Bertz CT molecular complexity index is 325. The predicted molar refractivity (Wildman–Crippen MR) is 62.1 cm³/mol. The number of fused-ring (bicyclic) bond motifs is 2. The smallest absolute Gasteiger partial charge is 0.309 e. The van der Waals surface area contributed by atoms with Crippen molar-refractivity contribution in [2.75, 3.05) is 0 Å². The molecule has 0 aliphatic heterocycles. The Kier molecular flexibility index (Phi) is 2.15. The molecule has 2 heteroatoms. The van der Waals surface area contributed by atoms with Gasteiger partial charge in [0, 0.05) is 0 Å². The van der Waals surface area contributed by atoms with Crippen molar-refractivity contribution in [3.05, 3.63) is 0 Å². The summed E-state index contributed by atoms with van der Waals surface area (Å²) >= 11 is 0. The van der Waals surface area contributed by atoms with Crippen molar-refractivity contribution in [1.29, 1.82) is 0 Å². The van der Waals surface area contributed by atoms with Crippen molar-refractivity contribution in [3.63, 3.8) is 0 Å². The van der Waals surface area contributed by atoms with Gasteiger partial charge in [-0.2, -0.15) is 0 Å². The molecule has 4 bridgehead atoms. The van der Waals surface area contributed by atoms with Crippen LogP contribution < -0.4 is 0 Å². The van der Waals surface area contributed by atoms with Gasteiger partial charge >= 0.3 is 5.97 Å². The molecule has 4 unspecified atom stereocenters. The van der Waals surface area contributed by atoms with Crippen molar-refractivity contribution >= 4 is 5.97 Å². The zero-order valence-electron chi connectivity index (χ0n) is 10.2. The minimum Gasteiger partial charge on any atom is -0.481 e. The molecule has 90 valence electrons. The fourth-order valence-electron chi connectivity index (χ4n) is 5.25. The van der Waals surface area contributed by atoms with E-state index in [0.717, 1.165) is 18.8 Å². The molecule has 5 saturated carbocycles. The number of hydrogen-bond donors (Lipinski definition) is 1. The molecule has 2 nitrogen and oxygen atoms in total. The van der Waals surface area contributed by atoms with Crippen LogP contribution in [0.3, 0.4) is 0 Å². The van der Waals surface area contributed by atoms with Crippen LogP contribution in [-0.4, -0.2) is 11.1 Å². The number of carboxylic acid groups (broad SMARTS) is 1. The van der Waals surface area contributed by atoms with Crippen LogP contribution in [0.4, 0.5) is 0 Å². The van der Waals surface area contributed by atoms with E-state index < -0.39 is 5.97 Å². The third kappa shape index (κ3) is 1.11. The zero-order chi connectivity index (χ0) is 11.4. The number of carbonyl (C=O) groups is 1. The highest BCUT2D eigenvalue weighted by Gasteiger charge is 2.64. The van der Waals surface area contributed by atoms with Crippen molar-refractivity contribution in [3.8, 4) is 0 Å². The van der Waals surface area contributed by atoms with E-state index in [4.69, 9.17) is 0 Å². The molecule has 0 aromatic rings. The highest BCUT2D eigenvalue weighted by Crippen LogP contribution is 2.69. The summed E-state index contributed by atoms with van der Waals surface area (Å²) in [5.41, 5.74) is 0.243. The van der Waals surface area contributed by atoms with Crippen molar-refractivity contribution < 1.29 is 9.90 Å². The third-order valence-corrected chi connectivity index (χ3v) is 6.02. The minimum atomic E-state index is -0.494. The Morgan fingerprint density at radius 2 is 2.00 bits per heavy atom. The number of rotatable bonds is 3. The Morgan fingerprint density at radius 1 is 1.25 bits per heavy atom. The molecular weight excluding hydrogens is 200 g/mol. The van der Waals surface area contributed by atoms with Gasteiger partial charge in [0.25, 0.3) is 0 Å². The maximum Gasteiger partial charge on any atom is 0.309 e. The quantitative estimate of drug-likeness (QED) is 0.794. The molecule has 4 atom stereocenters. The van der Waals surface area contributed by atoms with Crippen LogP contribution in [0.2, 0.25) is 0 Å². The molecule has 0 aromatic carbocycles. The molecule has 1 N–H and O–H groups in total. The average molecular weight is 222 g/mol. The Morgan fingerprint density at radius 3 is 2.56 bits per heavy atom. The Balaban J connectivity index is 1.94. The van der Waals surface area contributed by atoms with E-state index in [1.165, 1.54) is 38.5 Å². The van der Waals surface area contributed by atoms with Gasteiger partial charge in [0.05, 0.1) is 5.41 Å². The van der Waals surface area contributed by atoms with E-state index in [-0.39, 0.29) is 5.41 Å². The van der Waals surface area contributed by atoms with E-state index in [2.05, 4.69) is 6.92 Å². The SMILES string of the molecule is CCCC12CCC3(C(=O)O)CC1CCC3C2. The van der Waals surface area contributed by atoms with Gasteiger partial charge in [-0.15, -0.1) is 0 Å². The predicted octanol–water partition coefficient (Wildman–Crippen LogP) is 3.46. The monoisotopic (exact) mass is 222 g/mol. The maximum absolute atomic E-state index is 11.6. The van der Waals surface area contributed by atoms with Crippen LogP contribution in [-0.2, 0) is 4.79 Å². The summed E-state index contributed by atoms with van der Waals surface area (Å²) in [5.74, 6) is 0.726. The molecule has 0 saturated heterocycles. The molecule has 0 radical (unpaired) electrons. The first-order valence-corrected chi connectivity index (χ1v) is 6.86. The van der Waals surface area contributed by atoms with Gasteiger partial charge in [0.2, 0.25) is 0 Å². The maximum atomic E-state index is 11.6. The van der Waals surface area contributed by atoms with Crippen LogP contribution in [0.1, 0.15) is 58.3 Å². The second-order valence-corrected chi connectivity index (χ2v) is 6.45. The molecule has 0 heterocycles. The first-order chi connectivity index (χ1) is 7.63. The molecule has 0 spiro atoms. The fraction of sp³-hybridized carbons (Fsp3) is 0.929. The number of carboxylic acids is 1. The van der Waals surface area contributed by atoms with E-state index in [1.807, 2.05) is 0 Å². The first-order valence-electron chi connectivity index (χ1n) is 6.86. The first kappa shape index (κ1) is 10.6. The highest BCUT2D eigenvalue weighted by molar-refractivity contribution is 5.76. The second-order valence-electron chi connectivity index (χ2n) is 6.45. The van der Waals surface area contributed by atoms with Crippen LogP contribution in [0.5, 0.6) is 0 Å². The molecule has 5 aliphatic rings. The lowest BCUT2D eigenvalue weighted by atomic mass is 9.39. The molecule has 5 fully saturated rings. The van der Waals surface area contributed by atoms with Crippen LogP contribution in [0.15, 0.2) is 0 Å². The minimum absolute atomic E-state index is 0.307. The molecule has 5 rings (SSSR count). The van der Waals surface area contributed by atoms with Crippen molar-refractivity contribution in [1.82, 2.24) is 0 Å². The summed E-state index contributed by atoms with van der Waals surface area (Å²) in [6.45, 7) is 2.27. The lowest BCUT2D eigenvalue weighted by molar-refractivity contribution is -0.191. The standard InChI is InChI=1S/C14H22O2/c1-2-5-13-6-7-14(12(15)16)9-10(13)3-4-11(14)8-13/h10-11H,2-9H2,1H3,(H,15,16). The molecule has 0 amide bonds. The molecule has 0 aromatic heterocycles. The van der Waals surface area contributed by atoms with Crippen LogP contribution >= 0.6 is 0 Å².